The van der Waals surface area contributed by atoms with Crippen LogP contribution in [0.25, 0.3) is 0 Å². The SMILES string of the molecule is CCCCCCCCCC(=O)OC[C@H](COC(=O)CCCCCCCCCCCCC(C)CC)OC(=O)CCCCCCCCCCCCCCCC(C)C. The number of hydrogen-bond donors (Lipinski definition) is 0. The molecule has 0 fully saturated rings. The second kappa shape index (κ2) is 42.0. The summed E-state index contributed by atoms with van der Waals surface area (Å²) in [5.74, 6) is 0.849. The summed E-state index contributed by atoms with van der Waals surface area (Å²) < 4.78 is 16.7. The van der Waals surface area contributed by atoms with E-state index in [2.05, 4.69) is 34.6 Å². The molecule has 0 aromatic carbocycles. The van der Waals surface area contributed by atoms with E-state index in [9.17, 15) is 14.4 Å². The Morgan fingerprint density at radius 3 is 1.04 bits per heavy atom. The lowest BCUT2D eigenvalue weighted by atomic mass is 9.99. The van der Waals surface area contributed by atoms with Crippen LogP contribution in [-0.2, 0) is 28.6 Å². The minimum absolute atomic E-state index is 0.0647. The lowest BCUT2D eigenvalue weighted by Crippen LogP contribution is -2.30. The third kappa shape index (κ3) is 41.9. The van der Waals surface area contributed by atoms with Crippen molar-refractivity contribution in [3.05, 3.63) is 0 Å². The summed E-state index contributed by atoms with van der Waals surface area (Å²) in [4.78, 5) is 37.7. The van der Waals surface area contributed by atoms with Gasteiger partial charge in [0.2, 0.25) is 0 Å². The van der Waals surface area contributed by atoms with E-state index < -0.39 is 6.10 Å². The molecular formula is C49H94O6. The summed E-state index contributed by atoms with van der Waals surface area (Å²) in [5, 5.41) is 0. The van der Waals surface area contributed by atoms with Crippen LogP contribution < -0.4 is 0 Å². The Hall–Kier alpha value is -1.59. The minimum atomic E-state index is -0.760. The van der Waals surface area contributed by atoms with Gasteiger partial charge in [-0.2, -0.15) is 0 Å². The fraction of sp³-hybridized carbons (Fsp3) is 0.939. The quantitative estimate of drug-likeness (QED) is 0.0348. The predicted molar refractivity (Wildman–Crippen MR) is 233 cm³/mol. The normalized spacial score (nSPS) is 12.5. The monoisotopic (exact) mass is 779 g/mol. The van der Waals surface area contributed by atoms with Gasteiger partial charge >= 0.3 is 17.9 Å². The van der Waals surface area contributed by atoms with E-state index in [0.717, 1.165) is 69.6 Å². The molecule has 0 bridgehead atoms. The fourth-order valence-corrected chi connectivity index (χ4v) is 7.25. The number of carbonyl (C=O) groups is 3. The van der Waals surface area contributed by atoms with Gasteiger partial charge in [0.1, 0.15) is 13.2 Å². The van der Waals surface area contributed by atoms with E-state index in [1.54, 1.807) is 0 Å². The molecular weight excluding hydrogens is 685 g/mol. The van der Waals surface area contributed by atoms with Crippen LogP contribution in [0.3, 0.4) is 0 Å². The summed E-state index contributed by atoms with van der Waals surface area (Å²) in [6.07, 6.45) is 40.9. The summed E-state index contributed by atoms with van der Waals surface area (Å²) in [6, 6.07) is 0. The molecule has 0 saturated carbocycles. The van der Waals surface area contributed by atoms with Crippen LogP contribution in [0.5, 0.6) is 0 Å². The van der Waals surface area contributed by atoms with Gasteiger partial charge in [-0.05, 0) is 31.1 Å². The van der Waals surface area contributed by atoms with Gasteiger partial charge in [-0.3, -0.25) is 14.4 Å². The maximum absolute atomic E-state index is 12.7. The molecule has 0 aliphatic carbocycles. The van der Waals surface area contributed by atoms with Crippen molar-refractivity contribution in [2.75, 3.05) is 13.2 Å². The number of unbranched alkanes of at least 4 members (excludes halogenated alkanes) is 27. The smallest absolute Gasteiger partial charge is 0.306 e. The molecule has 6 nitrogen and oxygen atoms in total. The number of hydrogen-bond acceptors (Lipinski definition) is 6. The molecule has 0 spiro atoms. The Bertz CT molecular complexity index is 841. The Kier molecular flexibility index (Phi) is 40.8. The first-order valence-corrected chi connectivity index (χ1v) is 24.3. The first-order chi connectivity index (χ1) is 26.8. The van der Waals surface area contributed by atoms with Gasteiger partial charge in [-0.1, -0.05) is 227 Å². The average Bonchev–Trinajstić information content (AvgIpc) is 3.17. The molecule has 0 aliphatic rings. The van der Waals surface area contributed by atoms with Crippen molar-refractivity contribution in [1.82, 2.24) is 0 Å². The summed E-state index contributed by atoms with van der Waals surface area (Å²) in [6.45, 7) is 11.3. The van der Waals surface area contributed by atoms with Crippen molar-refractivity contribution < 1.29 is 28.6 Å². The molecule has 0 N–H and O–H groups in total. The highest BCUT2D eigenvalue weighted by Gasteiger charge is 2.19. The number of carbonyl (C=O) groups excluding carboxylic acids is 3. The zero-order chi connectivity index (χ0) is 40.5. The molecule has 0 aliphatic heterocycles. The molecule has 0 aromatic rings. The second-order valence-electron chi connectivity index (χ2n) is 17.5. The van der Waals surface area contributed by atoms with Crippen molar-refractivity contribution in [1.29, 1.82) is 0 Å². The maximum Gasteiger partial charge on any atom is 0.306 e. The molecule has 1 unspecified atom stereocenters. The standard InChI is InChI=1S/C49H94O6/c1-6-8-9-10-22-29-34-39-47(50)53-42-46(43-54-48(51)40-35-30-25-20-17-16-19-24-28-33-38-45(5)7-2)55-49(52)41-36-31-26-21-15-13-11-12-14-18-23-27-32-37-44(3)4/h44-46H,6-43H2,1-5H3/t45?,46-/m1/s1. The Labute approximate surface area is 342 Å². The van der Waals surface area contributed by atoms with Crippen LogP contribution in [0.4, 0.5) is 0 Å². The number of ether oxygens (including phenoxy) is 3. The van der Waals surface area contributed by atoms with Gasteiger partial charge in [0.05, 0.1) is 0 Å². The lowest BCUT2D eigenvalue weighted by molar-refractivity contribution is -0.167. The Morgan fingerprint density at radius 1 is 0.382 bits per heavy atom. The Balaban J connectivity index is 4.25. The van der Waals surface area contributed by atoms with Crippen molar-refractivity contribution in [3.8, 4) is 0 Å². The van der Waals surface area contributed by atoms with Crippen molar-refractivity contribution in [2.45, 2.75) is 272 Å². The summed E-state index contributed by atoms with van der Waals surface area (Å²) >= 11 is 0. The molecule has 0 amide bonds. The number of esters is 3. The van der Waals surface area contributed by atoms with E-state index >= 15 is 0 Å². The first-order valence-electron chi connectivity index (χ1n) is 24.3. The third-order valence-electron chi connectivity index (χ3n) is 11.3. The van der Waals surface area contributed by atoms with Gasteiger partial charge in [-0.15, -0.1) is 0 Å². The lowest BCUT2D eigenvalue weighted by Gasteiger charge is -2.18. The van der Waals surface area contributed by atoms with E-state index in [0.29, 0.717) is 19.3 Å². The van der Waals surface area contributed by atoms with E-state index in [1.807, 2.05) is 0 Å². The van der Waals surface area contributed by atoms with Gasteiger partial charge in [0.25, 0.3) is 0 Å². The zero-order valence-electron chi connectivity index (χ0n) is 37.6. The molecule has 0 aromatic heterocycles. The number of rotatable bonds is 43. The van der Waals surface area contributed by atoms with Gasteiger partial charge in [-0.25, -0.2) is 0 Å². The Morgan fingerprint density at radius 2 is 0.691 bits per heavy atom. The van der Waals surface area contributed by atoms with Crippen LogP contribution in [0.2, 0.25) is 0 Å². The van der Waals surface area contributed by atoms with E-state index in [4.69, 9.17) is 14.2 Å². The van der Waals surface area contributed by atoms with Crippen LogP contribution >= 0.6 is 0 Å². The maximum atomic E-state index is 12.7. The van der Waals surface area contributed by atoms with Crippen LogP contribution in [0.15, 0.2) is 0 Å². The highest BCUT2D eigenvalue weighted by molar-refractivity contribution is 5.71. The van der Waals surface area contributed by atoms with E-state index in [1.165, 1.54) is 154 Å². The van der Waals surface area contributed by atoms with E-state index in [-0.39, 0.29) is 31.1 Å². The third-order valence-corrected chi connectivity index (χ3v) is 11.3. The minimum Gasteiger partial charge on any atom is -0.462 e. The molecule has 2 atom stereocenters. The molecule has 55 heavy (non-hydrogen) atoms. The topological polar surface area (TPSA) is 78.9 Å². The summed E-state index contributed by atoms with van der Waals surface area (Å²) in [7, 11) is 0. The largest absolute Gasteiger partial charge is 0.462 e. The van der Waals surface area contributed by atoms with Gasteiger partial charge in [0, 0.05) is 19.3 Å². The zero-order valence-corrected chi connectivity index (χ0v) is 37.6. The predicted octanol–water partition coefficient (Wildman–Crippen LogP) is 15.4. The molecule has 6 heteroatoms. The molecule has 0 radical (unpaired) electrons. The van der Waals surface area contributed by atoms with Crippen molar-refractivity contribution >= 4 is 17.9 Å². The molecule has 0 saturated heterocycles. The molecule has 326 valence electrons. The van der Waals surface area contributed by atoms with Crippen LogP contribution in [-0.4, -0.2) is 37.2 Å². The average molecular weight is 779 g/mol. The summed E-state index contributed by atoms with van der Waals surface area (Å²) in [5.41, 5.74) is 0. The van der Waals surface area contributed by atoms with Crippen LogP contribution in [0.1, 0.15) is 266 Å². The van der Waals surface area contributed by atoms with Crippen LogP contribution in [0, 0.1) is 11.8 Å². The van der Waals surface area contributed by atoms with Gasteiger partial charge < -0.3 is 14.2 Å². The van der Waals surface area contributed by atoms with Gasteiger partial charge in [0.15, 0.2) is 6.10 Å². The fourth-order valence-electron chi connectivity index (χ4n) is 7.25. The van der Waals surface area contributed by atoms with Crippen molar-refractivity contribution in [2.24, 2.45) is 11.8 Å². The first kappa shape index (κ1) is 53.4. The molecule has 0 heterocycles. The second-order valence-corrected chi connectivity index (χ2v) is 17.5. The highest BCUT2D eigenvalue weighted by atomic mass is 16.6. The highest BCUT2D eigenvalue weighted by Crippen LogP contribution is 2.17. The molecule has 0 rings (SSSR count). The van der Waals surface area contributed by atoms with Crippen molar-refractivity contribution in [3.63, 3.8) is 0 Å².